The molecule has 0 saturated carbocycles. The SMILES string of the molecule is C=CCC(C)(C)C(=NO)C(C)(C)C(=C)C. The number of nitrogens with zero attached hydrogens (tertiary/aromatic N) is 1. The van der Waals surface area contributed by atoms with E-state index in [1.165, 1.54) is 0 Å². The molecular weight excluding hydrogens is 186 g/mol. The number of rotatable bonds is 5. The Hall–Kier alpha value is -1.05. The molecule has 0 unspecified atom stereocenters. The molecule has 2 nitrogen and oxygen atoms in total. The summed E-state index contributed by atoms with van der Waals surface area (Å²) in [5.74, 6) is 0. The van der Waals surface area contributed by atoms with E-state index in [2.05, 4.69) is 32.2 Å². The lowest BCUT2D eigenvalue weighted by molar-refractivity contribution is 0.296. The fraction of sp³-hybridized carbons (Fsp3) is 0.615. The zero-order valence-electron chi connectivity index (χ0n) is 10.6. The molecule has 0 aromatic heterocycles. The number of allylic oxidation sites excluding steroid dienone is 2. The molecule has 0 amide bonds. The van der Waals surface area contributed by atoms with Gasteiger partial charge in [-0.25, -0.2) is 0 Å². The van der Waals surface area contributed by atoms with E-state index >= 15 is 0 Å². The van der Waals surface area contributed by atoms with Crippen molar-refractivity contribution in [2.75, 3.05) is 0 Å². The van der Waals surface area contributed by atoms with Crippen LogP contribution in [0, 0.1) is 10.8 Å². The Labute approximate surface area is 93.4 Å². The molecule has 0 aromatic rings. The van der Waals surface area contributed by atoms with E-state index in [4.69, 9.17) is 0 Å². The quantitative estimate of drug-likeness (QED) is 0.315. The normalized spacial score (nSPS) is 13.8. The molecule has 0 aromatic carbocycles. The molecule has 0 aliphatic carbocycles. The number of hydrogen-bond donors (Lipinski definition) is 1. The van der Waals surface area contributed by atoms with Gasteiger partial charge >= 0.3 is 0 Å². The minimum atomic E-state index is -0.290. The Bertz CT molecular complexity index is 285. The van der Waals surface area contributed by atoms with Gasteiger partial charge in [0.05, 0.1) is 5.71 Å². The van der Waals surface area contributed by atoms with Gasteiger partial charge in [0.1, 0.15) is 0 Å². The standard InChI is InChI=1S/C13H23NO/c1-8-9-12(4,5)11(14-15)13(6,7)10(2)3/h8,15H,1-2,9H2,3-7H3. The van der Waals surface area contributed by atoms with E-state index < -0.39 is 0 Å². The Kier molecular flexibility index (Phi) is 4.32. The first kappa shape index (κ1) is 13.9. The van der Waals surface area contributed by atoms with Gasteiger partial charge in [-0.05, 0) is 13.3 Å². The summed E-state index contributed by atoms with van der Waals surface area (Å²) in [6, 6.07) is 0. The molecule has 0 saturated heterocycles. The summed E-state index contributed by atoms with van der Waals surface area (Å²) in [6.45, 7) is 17.8. The van der Waals surface area contributed by atoms with Crippen LogP contribution >= 0.6 is 0 Å². The molecule has 2 heteroatoms. The van der Waals surface area contributed by atoms with Gasteiger partial charge in [0.25, 0.3) is 0 Å². The van der Waals surface area contributed by atoms with Gasteiger partial charge in [0, 0.05) is 10.8 Å². The molecule has 15 heavy (non-hydrogen) atoms. The highest BCUT2D eigenvalue weighted by Crippen LogP contribution is 2.37. The fourth-order valence-corrected chi connectivity index (χ4v) is 1.77. The van der Waals surface area contributed by atoms with Crippen molar-refractivity contribution < 1.29 is 5.21 Å². The van der Waals surface area contributed by atoms with Gasteiger partial charge in [-0.15, -0.1) is 6.58 Å². The summed E-state index contributed by atoms with van der Waals surface area (Å²) in [6.07, 6.45) is 2.63. The molecule has 1 N–H and O–H groups in total. The molecule has 0 bridgehead atoms. The molecule has 0 fully saturated rings. The average Bonchev–Trinajstić information content (AvgIpc) is 2.03. The van der Waals surface area contributed by atoms with E-state index in [0.717, 1.165) is 17.7 Å². The van der Waals surface area contributed by atoms with E-state index in [0.29, 0.717) is 0 Å². The summed E-state index contributed by atoms with van der Waals surface area (Å²) < 4.78 is 0. The maximum absolute atomic E-state index is 9.19. The predicted molar refractivity (Wildman–Crippen MR) is 66.4 cm³/mol. The molecule has 0 aliphatic heterocycles. The third kappa shape index (κ3) is 2.95. The van der Waals surface area contributed by atoms with Crippen LogP contribution in [-0.4, -0.2) is 10.9 Å². The minimum absolute atomic E-state index is 0.195. The Balaban J connectivity index is 5.27. The summed E-state index contributed by atoms with van der Waals surface area (Å²) in [5, 5.41) is 12.7. The summed E-state index contributed by atoms with van der Waals surface area (Å²) in [7, 11) is 0. The molecular formula is C13H23NO. The van der Waals surface area contributed by atoms with Crippen molar-refractivity contribution in [1.29, 1.82) is 0 Å². The first-order valence-corrected chi connectivity index (χ1v) is 5.20. The highest BCUT2D eigenvalue weighted by atomic mass is 16.4. The summed E-state index contributed by atoms with van der Waals surface area (Å²) in [5.41, 5.74) is 1.26. The first-order valence-electron chi connectivity index (χ1n) is 5.20. The van der Waals surface area contributed by atoms with Gasteiger partial charge in [-0.2, -0.15) is 0 Å². The van der Waals surface area contributed by atoms with E-state index in [1.54, 1.807) is 0 Å². The van der Waals surface area contributed by atoms with Crippen molar-refractivity contribution in [2.24, 2.45) is 16.0 Å². The van der Waals surface area contributed by atoms with Gasteiger partial charge in [0.2, 0.25) is 0 Å². The van der Waals surface area contributed by atoms with Crippen molar-refractivity contribution >= 4 is 5.71 Å². The van der Waals surface area contributed by atoms with Gasteiger partial charge < -0.3 is 5.21 Å². The van der Waals surface area contributed by atoms with Crippen molar-refractivity contribution in [3.63, 3.8) is 0 Å². The van der Waals surface area contributed by atoms with E-state index in [9.17, 15) is 5.21 Å². The van der Waals surface area contributed by atoms with Crippen LogP contribution < -0.4 is 0 Å². The maximum Gasteiger partial charge on any atom is 0.0725 e. The molecule has 0 spiro atoms. The zero-order chi connectivity index (χ0) is 12.3. The number of hydrogen-bond acceptors (Lipinski definition) is 2. The average molecular weight is 209 g/mol. The molecule has 0 rings (SSSR count). The maximum atomic E-state index is 9.19. The van der Waals surface area contributed by atoms with Crippen LogP contribution in [0.4, 0.5) is 0 Å². The van der Waals surface area contributed by atoms with Crippen molar-refractivity contribution in [2.45, 2.75) is 41.0 Å². The lowest BCUT2D eigenvalue weighted by Gasteiger charge is -2.36. The first-order chi connectivity index (χ1) is 6.70. The predicted octanol–water partition coefficient (Wildman–Crippen LogP) is 4.02. The summed E-state index contributed by atoms with van der Waals surface area (Å²) in [4.78, 5) is 0. The molecule has 0 heterocycles. The van der Waals surface area contributed by atoms with Crippen LogP contribution in [-0.2, 0) is 0 Å². The van der Waals surface area contributed by atoms with Crippen molar-refractivity contribution in [3.8, 4) is 0 Å². The Morgan fingerprint density at radius 2 is 1.80 bits per heavy atom. The van der Waals surface area contributed by atoms with Crippen LogP contribution in [0.25, 0.3) is 0 Å². The van der Waals surface area contributed by atoms with Crippen LogP contribution in [0.1, 0.15) is 41.0 Å². The minimum Gasteiger partial charge on any atom is -0.411 e. The van der Waals surface area contributed by atoms with Gasteiger partial charge in [-0.1, -0.05) is 51.1 Å². The number of oxime groups is 1. The van der Waals surface area contributed by atoms with Crippen molar-refractivity contribution in [1.82, 2.24) is 0 Å². The van der Waals surface area contributed by atoms with E-state index in [-0.39, 0.29) is 10.8 Å². The van der Waals surface area contributed by atoms with Gasteiger partial charge in [0.15, 0.2) is 0 Å². The molecule has 0 atom stereocenters. The smallest absolute Gasteiger partial charge is 0.0725 e. The summed E-state index contributed by atoms with van der Waals surface area (Å²) >= 11 is 0. The highest BCUT2D eigenvalue weighted by Gasteiger charge is 2.37. The second-order valence-corrected chi connectivity index (χ2v) is 5.23. The van der Waals surface area contributed by atoms with Crippen LogP contribution in [0.5, 0.6) is 0 Å². The lowest BCUT2D eigenvalue weighted by atomic mass is 9.68. The van der Waals surface area contributed by atoms with Crippen molar-refractivity contribution in [3.05, 3.63) is 24.8 Å². The topological polar surface area (TPSA) is 32.6 Å². The second-order valence-electron chi connectivity index (χ2n) is 5.23. The largest absolute Gasteiger partial charge is 0.411 e. The molecule has 86 valence electrons. The van der Waals surface area contributed by atoms with Crippen LogP contribution in [0.2, 0.25) is 0 Å². The Morgan fingerprint density at radius 3 is 2.07 bits per heavy atom. The zero-order valence-corrected chi connectivity index (χ0v) is 10.6. The lowest BCUT2D eigenvalue weighted by Crippen LogP contribution is -2.37. The van der Waals surface area contributed by atoms with E-state index in [1.807, 2.05) is 26.8 Å². The fourth-order valence-electron chi connectivity index (χ4n) is 1.77. The van der Waals surface area contributed by atoms with Crippen LogP contribution in [0.3, 0.4) is 0 Å². The molecule has 0 radical (unpaired) electrons. The third-order valence-corrected chi connectivity index (χ3v) is 3.05. The van der Waals surface area contributed by atoms with Gasteiger partial charge in [-0.3, -0.25) is 0 Å². The highest BCUT2D eigenvalue weighted by molar-refractivity contribution is 5.96. The second kappa shape index (κ2) is 4.65. The third-order valence-electron chi connectivity index (χ3n) is 3.05. The monoisotopic (exact) mass is 209 g/mol. The Morgan fingerprint density at radius 1 is 1.33 bits per heavy atom. The molecule has 0 aliphatic rings. The van der Waals surface area contributed by atoms with Crippen LogP contribution in [0.15, 0.2) is 30.0 Å².